The molecule has 0 aliphatic carbocycles. The smallest absolute Gasteiger partial charge is 0.335 e. The molecule has 4 aromatic rings. The van der Waals surface area contributed by atoms with Crippen molar-refractivity contribution in [3.8, 4) is 5.88 Å². The van der Waals surface area contributed by atoms with Crippen LogP contribution in [0.15, 0.2) is 79.0 Å². The van der Waals surface area contributed by atoms with Gasteiger partial charge in [0.05, 0.1) is 12.7 Å². The minimum Gasteiger partial charge on any atom is -0.481 e. The number of carboxylic acids is 1. The van der Waals surface area contributed by atoms with Crippen molar-refractivity contribution in [2.45, 2.75) is 13.0 Å². The zero-order valence-corrected chi connectivity index (χ0v) is 17.5. The summed E-state index contributed by atoms with van der Waals surface area (Å²) in [6.45, 7) is 0.377. The average Bonchev–Trinajstić information content (AvgIpc) is 2.82. The Kier molecular flexibility index (Phi) is 6.12. The SMILES string of the molecule is COc1cc(CNC(=O)c2ccc3ccc(Cc4ccc(C(=O)O)cc4)cc3c2)ccn1. The fourth-order valence-electron chi connectivity index (χ4n) is 3.50. The van der Waals surface area contributed by atoms with Crippen molar-refractivity contribution >= 4 is 22.6 Å². The summed E-state index contributed by atoms with van der Waals surface area (Å²) >= 11 is 0. The number of fused-ring (bicyclic) bond motifs is 1. The van der Waals surface area contributed by atoms with Crippen LogP contribution >= 0.6 is 0 Å². The van der Waals surface area contributed by atoms with Crippen molar-refractivity contribution in [1.29, 1.82) is 0 Å². The molecule has 6 nitrogen and oxygen atoms in total. The van der Waals surface area contributed by atoms with E-state index in [1.807, 2.05) is 48.5 Å². The molecule has 160 valence electrons. The van der Waals surface area contributed by atoms with Gasteiger partial charge in [-0.05, 0) is 64.2 Å². The molecular weight excluding hydrogens is 404 g/mol. The van der Waals surface area contributed by atoms with Crippen molar-refractivity contribution in [3.63, 3.8) is 0 Å². The summed E-state index contributed by atoms with van der Waals surface area (Å²) in [6, 6.07) is 22.3. The third kappa shape index (κ3) is 4.92. The zero-order valence-electron chi connectivity index (χ0n) is 17.5. The lowest BCUT2D eigenvalue weighted by molar-refractivity contribution is 0.0696. The first-order valence-electron chi connectivity index (χ1n) is 10.1. The number of carbonyl (C=O) groups is 2. The molecule has 1 aromatic heterocycles. The number of nitrogens with zero attached hydrogens (tertiary/aromatic N) is 1. The standard InChI is InChI=1S/C26H22N2O4/c1-32-24-14-19(10-11-27-24)16-28-25(29)22-9-8-20-5-4-18(13-23(20)15-22)12-17-2-6-21(7-3-17)26(30)31/h2-11,13-15H,12,16H2,1H3,(H,28,29)(H,30,31). The second kappa shape index (κ2) is 9.31. The molecule has 1 heterocycles. The van der Waals surface area contributed by atoms with Crippen molar-refractivity contribution in [1.82, 2.24) is 10.3 Å². The molecule has 0 saturated heterocycles. The van der Waals surface area contributed by atoms with Gasteiger partial charge in [0.25, 0.3) is 5.91 Å². The third-order valence-electron chi connectivity index (χ3n) is 5.24. The van der Waals surface area contributed by atoms with Crippen LogP contribution in [0.1, 0.15) is 37.4 Å². The van der Waals surface area contributed by atoms with Gasteiger partial charge in [0, 0.05) is 24.4 Å². The number of amides is 1. The van der Waals surface area contributed by atoms with Crippen LogP contribution < -0.4 is 10.1 Å². The fourth-order valence-corrected chi connectivity index (χ4v) is 3.50. The van der Waals surface area contributed by atoms with Crippen molar-refractivity contribution in [3.05, 3.63) is 107 Å². The van der Waals surface area contributed by atoms with E-state index in [0.29, 0.717) is 24.4 Å². The number of methoxy groups -OCH3 is 1. The van der Waals surface area contributed by atoms with Crippen LogP contribution in [-0.4, -0.2) is 29.1 Å². The molecule has 3 aromatic carbocycles. The Balaban J connectivity index is 1.48. The maximum absolute atomic E-state index is 12.7. The van der Waals surface area contributed by atoms with Gasteiger partial charge in [0.15, 0.2) is 0 Å². The maximum atomic E-state index is 12.7. The largest absolute Gasteiger partial charge is 0.481 e. The Morgan fingerprint density at radius 2 is 1.56 bits per heavy atom. The van der Waals surface area contributed by atoms with Crippen LogP contribution in [0.25, 0.3) is 10.8 Å². The topological polar surface area (TPSA) is 88.5 Å². The quantitative estimate of drug-likeness (QED) is 0.455. The van der Waals surface area contributed by atoms with Gasteiger partial charge < -0.3 is 15.2 Å². The van der Waals surface area contributed by atoms with Gasteiger partial charge in [-0.25, -0.2) is 9.78 Å². The van der Waals surface area contributed by atoms with Gasteiger partial charge in [-0.2, -0.15) is 0 Å². The highest BCUT2D eigenvalue weighted by molar-refractivity contribution is 5.98. The Bertz CT molecular complexity index is 1280. The molecule has 1 amide bonds. The zero-order chi connectivity index (χ0) is 22.5. The molecule has 0 aliphatic rings. The van der Waals surface area contributed by atoms with E-state index in [9.17, 15) is 9.59 Å². The molecule has 0 fully saturated rings. The number of aromatic nitrogens is 1. The number of carbonyl (C=O) groups excluding carboxylic acids is 1. The van der Waals surface area contributed by atoms with Gasteiger partial charge in [0.1, 0.15) is 0 Å². The first kappa shape index (κ1) is 21.1. The predicted molar refractivity (Wildman–Crippen MR) is 122 cm³/mol. The number of carboxylic acid groups (broad SMARTS) is 1. The van der Waals surface area contributed by atoms with Crippen LogP contribution in [0.5, 0.6) is 5.88 Å². The van der Waals surface area contributed by atoms with E-state index >= 15 is 0 Å². The van der Waals surface area contributed by atoms with Crippen LogP contribution in [0.3, 0.4) is 0 Å². The van der Waals surface area contributed by atoms with Crippen LogP contribution in [0.2, 0.25) is 0 Å². The molecule has 0 saturated carbocycles. The Labute approximate surface area is 185 Å². The molecule has 6 heteroatoms. The lowest BCUT2D eigenvalue weighted by atomic mass is 9.99. The molecule has 32 heavy (non-hydrogen) atoms. The number of aromatic carboxylic acids is 1. The molecule has 0 atom stereocenters. The maximum Gasteiger partial charge on any atom is 0.335 e. The Hall–Kier alpha value is -4.19. The van der Waals surface area contributed by atoms with E-state index in [1.165, 1.54) is 0 Å². The third-order valence-corrected chi connectivity index (χ3v) is 5.24. The number of nitrogens with one attached hydrogen (secondary N) is 1. The lowest BCUT2D eigenvalue weighted by Crippen LogP contribution is -2.22. The van der Waals surface area contributed by atoms with Crippen molar-refractivity contribution in [2.75, 3.05) is 7.11 Å². The Morgan fingerprint density at radius 3 is 2.31 bits per heavy atom. The molecule has 0 aliphatic heterocycles. The highest BCUT2D eigenvalue weighted by Crippen LogP contribution is 2.20. The number of benzene rings is 3. The molecule has 0 radical (unpaired) electrons. The second-order valence-electron chi connectivity index (χ2n) is 7.46. The molecule has 4 rings (SSSR count). The number of hydrogen-bond donors (Lipinski definition) is 2. The van der Waals surface area contributed by atoms with E-state index in [-0.39, 0.29) is 11.5 Å². The summed E-state index contributed by atoms with van der Waals surface area (Å²) in [7, 11) is 1.55. The molecule has 0 spiro atoms. The van der Waals surface area contributed by atoms with Crippen LogP contribution in [0, 0.1) is 0 Å². The summed E-state index contributed by atoms with van der Waals surface area (Å²) in [6.07, 6.45) is 2.32. The van der Waals surface area contributed by atoms with Gasteiger partial charge in [-0.3, -0.25) is 4.79 Å². The molecule has 0 bridgehead atoms. The highest BCUT2D eigenvalue weighted by Gasteiger charge is 2.08. The van der Waals surface area contributed by atoms with Gasteiger partial charge in [-0.1, -0.05) is 36.4 Å². The number of rotatable bonds is 7. The van der Waals surface area contributed by atoms with Gasteiger partial charge in [0.2, 0.25) is 5.88 Å². The number of pyridine rings is 1. The normalized spacial score (nSPS) is 10.7. The fraction of sp³-hybridized carbons (Fsp3) is 0.115. The van der Waals surface area contributed by atoms with E-state index < -0.39 is 5.97 Å². The number of ether oxygens (including phenoxy) is 1. The van der Waals surface area contributed by atoms with E-state index in [4.69, 9.17) is 9.84 Å². The molecule has 2 N–H and O–H groups in total. The summed E-state index contributed by atoms with van der Waals surface area (Å²) in [5.74, 6) is -0.582. The van der Waals surface area contributed by atoms with Crippen molar-refractivity contribution in [2.24, 2.45) is 0 Å². The lowest BCUT2D eigenvalue weighted by Gasteiger charge is -2.09. The summed E-state index contributed by atoms with van der Waals surface area (Å²) in [4.78, 5) is 27.8. The summed E-state index contributed by atoms with van der Waals surface area (Å²) in [5.41, 5.74) is 3.87. The minimum atomic E-state index is -0.934. The van der Waals surface area contributed by atoms with Gasteiger partial charge >= 0.3 is 5.97 Å². The monoisotopic (exact) mass is 426 g/mol. The number of hydrogen-bond acceptors (Lipinski definition) is 4. The summed E-state index contributed by atoms with van der Waals surface area (Å²) < 4.78 is 5.11. The van der Waals surface area contributed by atoms with Crippen molar-refractivity contribution < 1.29 is 19.4 Å². The highest BCUT2D eigenvalue weighted by atomic mass is 16.5. The Morgan fingerprint density at radius 1 is 0.844 bits per heavy atom. The second-order valence-corrected chi connectivity index (χ2v) is 7.46. The molecule has 0 unspecified atom stereocenters. The first-order chi connectivity index (χ1) is 15.5. The van der Waals surface area contributed by atoms with E-state index in [2.05, 4.69) is 16.4 Å². The predicted octanol–water partition coefficient (Wildman–Crippen LogP) is 4.46. The first-order valence-corrected chi connectivity index (χ1v) is 10.1. The average molecular weight is 426 g/mol. The van der Waals surface area contributed by atoms with E-state index in [0.717, 1.165) is 27.5 Å². The minimum absolute atomic E-state index is 0.155. The van der Waals surface area contributed by atoms with E-state index in [1.54, 1.807) is 31.5 Å². The molecular formula is C26H22N2O4. The van der Waals surface area contributed by atoms with Crippen LogP contribution in [0.4, 0.5) is 0 Å². The van der Waals surface area contributed by atoms with Gasteiger partial charge in [-0.15, -0.1) is 0 Å². The summed E-state index contributed by atoms with van der Waals surface area (Å²) in [5, 5.41) is 14.0. The van der Waals surface area contributed by atoms with Crippen LogP contribution in [-0.2, 0) is 13.0 Å².